The molecule has 4 rings (SSSR count). The molecular formula is C23H24FN5O2. The van der Waals surface area contributed by atoms with Gasteiger partial charge in [0.25, 0.3) is 0 Å². The van der Waals surface area contributed by atoms with Gasteiger partial charge in [-0.3, -0.25) is 9.78 Å². The van der Waals surface area contributed by atoms with E-state index in [0.717, 1.165) is 21.9 Å². The van der Waals surface area contributed by atoms with Gasteiger partial charge in [0, 0.05) is 28.7 Å². The molecule has 8 heteroatoms. The van der Waals surface area contributed by atoms with Gasteiger partial charge in [0.05, 0.1) is 29.1 Å². The van der Waals surface area contributed by atoms with E-state index in [1.165, 1.54) is 6.20 Å². The average molecular weight is 421 g/mol. The molecule has 0 radical (unpaired) electrons. The van der Waals surface area contributed by atoms with Crippen LogP contribution in [0.3, 0.4) is 0 Å². The molecular weight excluding hydrogens is 397 g/mol. The minimum absolute atomic E-state index is 0.257. The van der Waals surface area contributed by atoms with Crippen LogP contribution in [0.5, 0.6) is 0 Å². The number of alkyl halides is 1. The summed E-state index contributed by atoms with van der Waals surface area (Å²) in [6, 6.07) is 5.46. The Bertz CT molecular complexity index is 1180. The Labute approximate surface area is 179 Å². The van der Waals surface area contributed by atoms with E-state index >= 15 is 0 Å². The Balaban J connectivity index is 1.73. The SMILES string of the molecule is CCC(O)c1cc(C)c(-c2cc3cnc(NC(=O)C4CC4F)cc3c(/C=C\N)n2)cn1. The van der Waals surface area contributed by atoms with Crippen LogP contribution in [-0.2, 0) is 4.79 Å². The first-order valence-corrected chi connectivity index (χ1v) is 10.2. The highest BCUT2D eigenvalue weighted by Crippen LogP contribution is 2.35. The van der Waals surface area contributed by atoms with Gasteiger partial charge in [-0.05, 0) is 55.8 Å². The summed E-state index contributed by atoms with van der Waals surface area (Å²) in [7, 11) is 0. The Hall–Kier alpha value is -3.39. The lowest BCUT2D eigenvalue weighted by molar-refractivity contribution is -0.117. The van der Waals surface area contributed by atoms with Crippen LogP contribution in [-0.4, -0.2) is 32.1 Å². The third-order valence-corrected chi connectivity index (χ3v) is 5.43. The number of pyridine rings is 3. The zero-order valence-electron chi connectivity index (χ0n) is 17.3. The van der Waals surface area contributed by atoms with Crippen molar-refractivity contribution in [1.82, 2.24) is 15.0 Å². The molecule has 1 fully saturated rings. The fourth-order valence-electron chi connectivity index (χ4n) is 3.49. The number of anilines is 1. The summed E-state index contributed by atoms with van der Waals surface area (Å²) < 4.78 is 13.1. The van der Waals surface area contributed by atoms with Crippen LogP contribution in [0.25, 0.3) is 28.1 Å². The van der Waals surface area contributed by atoms with Gasteiger partial charge in [-0.15, -0.1) is 0 Å². The summed E-state index contributed by atoms with van der Waals surface area (Å²) in [5.41, 5.74) is 9.34. The first kappa shape index (κ1) is 20.9. The van der Waals surface area contributed by atoms with Gasteiger partial charge >= 0.3 is 0 Å². The van der Waals surface area contributed by atoms with E-state index in [-0.39, 0.29) is 12.3 Å². The van der Waals surface area contributed by atoms with E-state index in [9.17, 15) is 14.3 Å². The first-order chi connectivity index (χ1) is 14.9. The molecule has 0 spiro atoms. The van der Waals surface area contributed by atoms with E-state index in [1.54, 1.807) is 24.5 Å². The van der Waals surface area contributed by atoms with Crippen molar-refractivity contribution in [2.24, 2.45) is 11.7 Å². The molecule has 3 unspecified atom stereocenters. The highest BCUT2D eigenvalue weighted by Gasteiger charge is 2.43. The molecule has 1 saturated carbocycles. The Kier molecular flexibility index (Phi) is 5.65. The van der Waals surface area contributed by atoms with Gasteiger partial charge < -0.3 is 16.2 Å². The molecule has 31 heavy (non-hydrogen) atoms. The van der Waals surface area contributed by atoms with Crippen LogP contribution >= 0.6 is 0 Å². The van der Waals surface area contributed by atoms with Crippen molar-refractivity contribution in [2.75, 3.05) is 5.32 Å². The Morgan fingerprint density at radius 1 is 1.35 bits per heavy atom. The van der Waals surface area contributed by atoms with Crippen LogP contribution in [0.1, 0.15) is 42.8 Å². The van der Waals surface area contributed by atoms with E-state index in [1.807, 2.05) is 26.0 Å². The summed E-state index contributed by atoms with van der Waals surface area (Å²) in [5, 5.41) is 14.3. The van der Waals surface area contributed by atoms with Crippen LogP contribution < -0.4 is 11.1 Å². The molecule has 1 aliphatic rings. The second-order valence-corrected chi connectivity index (χ2v) is 7.74. The fraction of sp³-hybridized carbons (Fsp3) is 0.304. The number of aliphatic hydroxyl groups excluding tert-OH is 1. The predicted molar refractivity (Wildman–Crippen MR) is 118 cm³/mol. The number of carbonyl (C=O) groups excluding carboxylic acids is 1. The fourth-order valence-corrected chi connectivity index (χ4v) is 3.49. The average Bonchev–Trinajstić information content (AvgIpc) is 3.50. The monoisotopic (exact) mass is 421 g/mol. The van der Waals surface area contributed by atoms with Crippen LogP contribution in [0.15, 0.2) is 36.8 Å². The van der Waals surface area contributed by atoms with E-state index in [2.05, 4.69) is 15.3 Å². The second kappa shape index (κ2) is 8.39. The number of aryl methyl sites for hydroxylation is 1. The Morgan fingerprint density at radius 2 is 2.13 bits per heavy atom. The molecule has 3 aromatic rings. The number of carbonyl (C=O) groups is 1. The largest absolute Gasteiger partial charge is 0.405 e. The van der Waals surface area contributed by atoms with E-state index in [0.29, 0.717) is 29.3 Å². The molecule has 160 valence electrons. The topological polar surface area (TPSA) is 114 Å². The number of hydrogen-bond donors (Lipinski definition) is 3. The number of nitrogens with one attached hydrogen (secondary N) is 1. The van der Waals surface area contributed by atoms with Crippen molar-refractivity contribution in [3.8, 4) is 11.3 Å². The zero-order valence-corrected chi connectivity index (χ0v) is 17.3. The summed E-state index contributed by atoms with van der Waals surface area (Å²) in [4.78, 5) is 25.5. The number of aliphatic hydroxyl groups is 1. The summed E-state index contributed by atoms with van der Waals surface area (Å²) in [6.45, 7) is 3.84. The second-order valence-electron chi connectivity index (χ2n) is 7.74. The van der Waals surface area contributed by atoms with Gasteiger partial charge in [0.15, 0.2) is 0 Å². The molecule has 7 nitrogen and oxygen atoms in total. The Morgan fingerprint density at radius 3 is 2.77 bits per heavy atom. The number of hydrogen-bond acceptors (Lipinski definition) is 6. The smallest absolute Gasteiger partial charge is 0.231 e. The van der Waals surface area contributed by atoms with Crippen molar-refractivity contribution < 1.29 is 14.3 Å². The minimum Gasteiger partial charge on any atom is -0.405 e. The van der Waals surface area contributed by atoms with Gasteiger partial charge in [-0.1, -0.05) is 6.92 Å². The molecule has 0 aliphatic heterocycles. The lowest BCUT2D eigenvalue weighted by Gasteiger charge is -2.13. The zero-order chi connectivity index (χ0) is 22.1. The molecule has 1 aliphatic carbocycles. The quantitative estimate of drug-likeness (QED) is 0.560. The van der Waals surface area contributed by atoms with Gasteiger partial charge in [-0.2, -0.15) is 0 Å². The molecule has 3 aromatic heterocycles. The maximum Gasteiger partial charge on any atom is 0.231 e. The van der Waals surface area contributed by atoms with Gasteiger partial charge in [-0.25, -0.2) is 14.4 Å². The maximum atomic E-state index is 13.1. The lowest BCUT2D eigenvalue weighted by Crippen LogP contribution is -2.15. The van der Waals surface area contributed by atoms with Gasteiger partial charge in [0.1, 0.15) is 12.0 Å². The summed E-state index contributed by atoms with van der Waals surface area (Å²) >= 11 is 0. The third kappa shape index (κ3) is 4.25. The van der Waals surface area contributed by atoms with Crippen LogP contribution in [0.4, 0.5) is 10.2 Å². The number of nitrogens with zero attached hydrogens (tertiary/aromatic N) is 3. The van der Waals surface area contributed by atoms with Crippen LogP contribution in [0.2, 0.25) is 0 Å². The standard InChI is InChI=1S/C23H24FN5O2/c1-3-21(30)20-6-12(2)16(11-26-20)19-7-13-10-27-22(29-23(31)15-8-17(15)24)9-14(13)18(28-19)4-5-25/h4-7,9-11,15,17,21,30H,3,8,25H2,1-2H3,(H,27,29,31)/b5-4-. The molecule has 0 saturated heterocycles. The van der Waals surface area contributed by atoms with Gasteiger partial charge in [0.2, 0.25) is 5.91 Å². The molecule has 3 heterocycles. The number of amides is 1. The normalized spacial score (nSPS) is 19.0. The third-order valence-electron chi connectivity index (χ3n) is 5.43. The number of aromatic nitrogens is 3. The molecule has 1 amide bonds. The number of halogens is 1. The minimum atomic E-state index is -1.07. The van der Waals surface area contributed by atoms with Crippen molar-refractivity contribution in [2.45, 2.75) is 39.0 Å². The predicted octanol–water partition coefficient (Wildman–Crippen LogP) is 3.67. The molecule has 4 N–H and O–H groups in total. The number of rotatable bonds is 6. The number of fused-ring (bicyclic) bond motifs is 1. The molecule has 0 aromatic carbocycles. The van der Waals surface area contributed by atoms with E-state index < -0.39 is 18.2 Å². The lowest BCUT2D eigenvalue weighted by atomic mass is 10.0. The first-order valence-electron chi connectivity index (χ1n) is 10.2. The highest BCUT2D eigenvalue weighted by atomic mass is 19.1. The van der Waals surface area contributed by atoms with Crippen LogP contribution in [0, 0.1) is 12.8 Å². The van der Waals surface area contributed by atoms with Crippen molar-refractivity contribution in [3.63, 3.8) is 0 Å². The summed E-state index contributed by atoms with van der Waals surface area (Å²) in [5.74, 6) is -0.615. The van der Waals surface area contributed by atoms with E-state index in [4.69, 9.17) is 10.7 Å². The van der Waals surface area contributed by atoms with Crippen molar-refractivity contribution in [3.05, 3.63) is 53.7 Å². The highest BCUT2D eigenvalue weighted by molar-refractivity contribution is 5.98. The van der Waals surface area contributed by atoms with Crippen molar-refractivity contribution >= 4 is 28.6 Å². The maximum absolute atomic E-state index is 13.1. The van der Waals surface area contributed by atoms with Crippen molar-refractivity contribution in [1.29, 1.82) is 0 Å². The summed E-state index contributed by atoms with van der Waals surface area (Å²) in [6.07, 6.45) is 5.59. The number of nitrogens with two attached hydrogens (primary N) is 1. The molecule has 3 atom stereocenters. The molecule has 0 bridgehead atoms.